The average molecular weight is 310 g/mol. The third-order valence-corrected chi connectivity index (χ3v) is 6.06. The second-order valence-electron chi connectivity index (χ2n) is 4.40. The Kier molecular flexibility index (Phi) is 5.28. The van der Waals surface area contributed by atoms with Gasteiger partial charge in [0.25, 0.3) is 0 Å². The molecule has 0 aromatic carbocycles. The number of nitrogens with one attached hydrogen (secondary N) is 1. The number of aryl methyl sites for hydroxylation is 2. The summed E-state index contributed by atoms with van der Waals surface area (Å²) in [5.41, 5.74) is 0.982. The van der Waals surface area contributed by atoms with Crippen LogP contribution in [0.5, 0.6) is 0 Å². The third-order valence-electron chi connectivity index (χ3n) is 2.88. The maximum Gasteiger partial charge on any atom is 0.250 e. The molecule has 2 rings (SSSR count). The minimum absolute atomic E-state index is 0.396. The molecule has 0 spiro atoms. The topological polar surface area (TPSA) is 59.1 Å². The Labute approximate surface area is 123 Å². The predicted octanol–water partition coefficient (Wildman–Crippen LogP) is 2.62. The normalized spacial score (nSPS) is 11.7. The van der Waals surface area contributed by atoms with E-state index in [9.17, 15) is 8.42 Å². The molecular weight excluding hydrogens is 292 g/mol. The van der Waals surface area contributed by atoms with Crippen molar-refractivity contribution in [1.82, 2.24) is 9.71 Å². The van der Waals surface area contributed by atoms with Crippen molar-refractivity contribution < 1.29 is 8.42 Å². The molecule has 108 valence electrons. The highest BCUT2D eigenvalue weighted by molar-refractivity contribution is 7.91. The molecule has 1 N–H and O–H groups in total. The summed E-state index contributed by atoms with van der Waals surface area (Å²) in [5.74, 6) is 0. The van der Waals surface area contributed by atoms with Crippen LogP contribution in [0.2, 0.25) is 0 Å². The van der Waals surface area contributed by atoms with Gasteiger partial charge >= 0.3 is 0 Å². The fraction of sp³-hybridized carbons (Fsp3) is 0.357. The van der Waals surface area contributed by atoms with Crippen molar-refractivity contribution in [3.05, 3.63) is 47.1 Å². The highest BCUT2D eigenvalue weighted by atomic mass is 32.2. The molecule has 2 aromatic rings. The number of hydrogen-bond acceptors (Lipinski definition) is 4. The maximum atomic E-state index is 12.1. The van der Waals surface area contributed by atoms with Crippen LogP contribution in [-0.2, 0) is 22.9 Å². The molecule has 20 heavy (non-hydrogen) atoms. The van der Waals surface area contributed by atoms with Gasteiger partial charge < -0.3 is 0 Å². The number of hydrogen-bond donors (Lipinski definition) is 1. The van der Waals surface area contributed by atoms with Gasteiger partial charge in [-0.25, -0.2) is 13.1 Å². The van der Waals surface area contributed by atoms with E-state index in [0.29, 0.717) is 10.8 Å². The van der Waals surface area contributed by atoms with Crippen molar-refractivity contribution in [2.24, 2.45) is 0 Å². The van der Waals surface area contributed by atoms with Crippen molar-refractivity contribution in [1.29, 1.82) is 0 Å². The van der Waals surface area contributed by atoms with Crippen molar-refractivity contribution >= 4 is 21.4 Å². The quantitative estimate of drug-likeness (QED) is 0.800. The van der Waals surface area contributed by atoms with Gasteiger partial charge in [0.05, 0.1) is 0 Å². The van der Waals surface area contributed by atoms with E-state index >= 15 is 0 Å². The number of pyridine rings is 1. The first kappa shape index (κ1) is 15.2. The van der Waals surface area contributed by atoms with E-state index in [1.54, 1.807) is 12.3 Å². The molecule has 0 fully saturated rings. The zero-order valence-electron chi connectivity index (χ0n) is 11.4. The lowest BCUT2D eigenvalue weighted by Gasteiger charge is -2.04. The molecule has 6 heteroatoms. The summed E-state index contributed by atoms with van der Waals surface area (Å²) >= 11 is 1.33. The molecule has 0 unspecified atom stereocenters. The molecule has 0 amide bonds. The minimum Gasteiger partial charge on any atom is -0.261 e. The van der Waals surface area contributed by atoms with Crippen LogP contribution in [0, 0.1) is 0 Å². The zero-order chi connectivity index (χ0) is 14.4. The van der Waals surface area contributed by atoms with Crippen molar-refractivity contribution in [3.63, 3.8) is 0 Å². The Morgan fingerprint density at radius 3 is 2.75 bits per heavy atom. The van der Waals surface area contributed by atoms with Crippen LogP contribution < -0.4 is 4.72 Å². The molecule has 4 nitrogen and oxygen atoms in total. The molecule has 0 radical (unpaired) electrons. The smallest absolute Gasteiger partial charge is 0.250 e. The summed E-state index contributed by atoms with van der Waals surface area (Å²) in [6.07, 6.45) is 4.12. The molecule has 0 atom stereocenters. The predicted molar refractivity (Wildman–Crippen MR) is 81.4 cm³/mol. The van der Waals surface area contributed by atoms with Gasteiger partial charge in [-0.1, -0.05) is 13.0 Å². The molecule has 2 aromatic heterocycles. The minimum atomic E-state index is -3.36. The first-order valence-electron chi connectivity index (χ1n) is 6.60. The largest absolute Gasteiger partial charge is 0.261 e. The van der Waals surface area contributed by atoms with Gasteiger partial charge in [0, 0.05) is 23.3 Å². The average Bonchev–Trinajstić information content (AvgIpc) is 2.95. The monoisotopic (exact) mass is 310 g/mol. The summed E-state index contributed by atoms with van der Waals surface area (Å²) < 4.78 is 27.1. The van der Waals surface area contributed by atoms with Gasteiger partial charge in [0.1, 0.15) is 4.21 Å². The van der Waals surface area contributed by atoms with Crippen LogP contribution in [0.25, 0.3) is 0 Å². The number of sulfonamides is 1. The third kappa shape index (κ3) is 4.13. The standard InChI is InChI=1S/C14H18N2O2S2/c1-2-13-8-9-14(19-13)20(17,18)16-11-5-7-12-6-3-4-10-15-12/h3-4,6,8-10,16H,2,5,7,11H2,1H3. The van der Waals surface area contributed by atoms with E-state index < -0.39 is 10.0 Å². The Balaban J connectivity index is 1.84. The van der Waals surface area contributed by atoms with Crippen LogP contribution in [0.3, 0.4) is 0 Å². The van der Waals surface area contributed by atoms with Crippen LogP contribution >= 0.6 is 11.3 Å². The van der Waals surface area contributed by atoms with Gasteiger partial charge in [0.15, 0.2) is 0 Å². The Morgan fingerprint density at radius 1 is 1.25 bits per heavy atom. The number of aromatic nitrogens is 1. The molecular formula is C14H18N2O2S2. The lowest BCUT2D eigenvalue weighted by Crippen LogP contribution is -2.24. The first-order valence-corrected chi connectivity index (χ1v) is 8.90. The lowest BCUT2D eigenvalue weighted by atomic mass is 10.2. The second kappa shape index (κ2) is 6.97. The van der Waals surface area contributed by atoms with Gasteiger partial charge in [0.2, 0.25) is 10.0 Å². The maximum absolute atomic E-state index is 12.1. The van der Waals surface area contributed by atoms with Crippen LogP contribution in [0.15, 0.2) is 40.7 Å². The van der Waals surface area contributed by atoms with Gasteiger partial charge in [-0.3, -0.25) is 4.98 Å². The van der Waals surface area contributed by atoms with E-state index in [4.69, 9.17) is 0 Å². The number of nitrogens with zero attached hydrogens (tertiary/aromatic N) is 1. The number of thiophene rings is 1. The van der Waals surface area contributed by atoms with Crippen molar-refractivity contribution in [2.45, 2.75) is 30.4 Å². The summed E-state index contributed by atoms with van der Waals surface area (Å²) in [4.78, 5) is 5.29. The molecule has 2 heterocycles. The fourth-order valence-corrected chi connectivity index (χ4v) is 4.20. The van der Waals surface area contributed by atoms with Crippen LogP contribution in [0.4, 0.5) is 0 Å². The fourth-order valence-electron chi connectivity index (χ4n) is 1.79. The Bertz CT molecular complexity index is 636. The highest BCUT2D eigenvalue weighted by Crippen LogP contribution is 2.21. The lowest BCUT2D eigenvalue weighted by molar-refractivity contribution is 0.581. The van der Waals surface area contributed by atoms with Gasteiger partial charge in [-0.05, 0) is 43.5 Å². The van der Waals surface area contributed by atoms with E-state index in [-0.39, 0.29) is 0 Å². The van der Waals surface area contributed by atoms with Gasteiger partial charge in [-0.15, -0.1) is 11.3 Å². The van der Waals surface area contributed by atoms with E-state index in [1.165, 1.54) is 11.3 Å². The Morgan fingerprint density at radius 2 is 2.10 bits per heavy atom. The number of rotatable bonds is 7. The second-order valence-corrected chi connectivity index (χ2v) is 7.56. The SMILES string of the molecule is CCc1ccc(S(=O)(=O)NCCCc2ccccn2)s1. The van der Waals surface area contributed by atoms with Crippen molar-refractivity contribution in [2.75, 3.05) is 6.54 Å². The molecule has 0 aliphatic heterocycles. The molecule has 0 saturated carbocycles. The van der Waals surface area contributed by atoms with Gasteiger partial charge in [-0.2, -0.15) is 0 Å². The molecule has 0 bridgehead atoms. The van der Waals surface area contributed by atoms with E-state index in [0.717, 1.165) is 29.8 Å². The van der Waals surface area contributed by atoms with Crippen LogP contribution in [0.1, 0.15) is 23.9 Å². The van der Waals surface area contributed by atoms with E-state index in [1.807, 2.05) is 31.2 Å². The summed E-state index contributed by atoms with van der Waals surface area (Å²) in [5, 5.41) is 0. The first-order chi connectivity index (χ1) is 9.62. The Hall–Kier alpha value is -1.24. The van der Waals surface area contributed by atoms with E-state index in [2.05, 4.69) is 9.71 Å². The molecule has 0 saturated heterocycles. The summed E-state index contributed by atoms with van der Waals surface area (Å²) in [6, 6.07) is 9.29. The molecule has 0 aliphatic carbocycles. The molecule has 0 aliphatic rings. The van der Waals surface area contributed by atoms with Crippen LogP contribution in [-0.4, -0.2) is 19.9 Å². The highest BCUT2D eigenvalue weighted by Gasteiger charge is 2.15. The summed E-state index contributed by atoms with van der Waals surface area (Å²) in [6.45, 7) is 2.45. The summed E-state index contributed by atoms with van der Waals surface area (Å²) in [7, 11) is -3.36. The van der Waals surface area contributed by atoms with Crippen molar-refractivity contribution in [3.8, 4) is 0 Å². The zero-order valence-corrected chi connectivity index (χ0v) is 13.0.